The van der Waals surface area contributed by atoms with Gasteiger partial charge in [0.15, 0.2) is 0 Å². The maximum Gasteiger partial charge on any atom is 0.0276 e. The Morgan fingerprint density at radius 1 is 1.25 bits per heavy atom. The lowest BCUT2D eigenvalue weighted by atomic mass is 9.73. The average Bonchev–Trinajstić information content (AvgIpc) is 2.22. The maximum absolute atomic E-state index is 3.78. The number of thioether (sulfide) groups is 1. The molecule has 1 aliphatic carbocycles. The van der Waals surface area contributed by atoms with E-state index in [0.29, 0.717) is 4.75 Å². The number of hydrogen-bond donors (Lipinski definition) is 1. The van der Waals surface area contributed by atoms with Crippen LogP contribution in [0.3, 0.4) is 0 Å². The van der Waals surface area contributed by atoms with E-state index in [-0.39, 0.29) is 0 Å². The zero-order valence-corrected chi connectivity index (χ0v) is 12.5. The molecule has 0 radical (unpaired) electrons. The summed E-state index contributed by atoms with van der Waals surface area (Å²) in [5.74, 6) is 1.85. The van der Waals surface area contributed by atoms with E-state index in [1.807, 2.05) is 11.8 Å². The first-order valence-electron chi connectivity index (χ1n) is 6.85. The van der Waals surface area contributed by atoms with Crippen LogP contribution in [0.5, 0.6) is 0 Å². The van der Waals surface area contributed by atoms with E-state index >= 15 is 0 Å². The van der Waals surface area contributed by atoms with E-state index in [1.54, 1.807) is 0 Å². The first-order chi connectivity index (χ1) is 7.56. The summed E-state index contributed by atoms with van der Waals surface area (Å²) in [6.07, 6.45) is 7.60. The van der Waals surface area contributed by atoms with Crippen molar-refractivity contribution in [1.29, 1.82) is 0 Å². The highest BCUT2D eigenvalue weighted by atomic mass is 32.2. The fourth-order valence-electron chi connectivity index (χ4n) is 2.56. The van der Waals surface area contributed by atoms with Crippen LogP contribution >= 0.6 is 11.8 Å². The molecule has 1 N–H and O–H groups in total. The van der Waals surface area contributed by atoms with Gasteiger partial charge in [0.25, 0.3) is 0 Å². The van der Waals surface area contributed by atoms with E-state index in [1.165, 1.54) is 32.2 Å². The van der Waals surface area contributed by atoms with Crippen molar-refractivity contribution < 1.29 is 0 Å². The van der Waals surface area contributed by atoms with Crippen LogP contribution in [-0.2, 0) is 0 Å². The van der Waals surface area contributed by atoms with Crippen LogP contribution in [0.2, 0.25) is 0 Å². The second kappa shape index (κ2) is 6.30. The van der Waals surface area contributed by atoms with Crippen LogP contribution in [0.15, 0.2) is 0 Å². The van der Waals surface area contributed by atoms with E-state index in [4.69, 9.17) is 0 Å². The van der Waals surface area contributed by atoms with Gasteiger partial charge in [0.05, 0.1) is 0 Å². The third-order valence-electron chi connectivity index (χ3n) is 4.55. The van der Waals surface area contributed by atoms with Crippen LogP contribution < -0.4 is 5.32 Å². The summed E-state index contributed by atoms with van der Waals surface area (Å²) < 4.78 is 0.475. The molecule has 16 heavy (non-hydrogen) atoms. The van der Waals surface area contributed by atoms with Crippen LogP contribution in [0.4, 0.5) is 0 Å². The van der Waals surface area contributed by atoms with Gasteiger partial charge >= 0.3 is 0 Å². The Bertz CT molecular complexity index is 185. The zero-order valence-electron chi connectivity index (χ0n) is 11.7. The van der Waals surface area contributed by atoms with Crippen molar-refractivity contribution in [3.8, 4) is 0 Å². The Kier molecular flexibility index (Phi) is 5.66. The molecule has 1 fully saturated rings. The Morgan fingerprint density at radius 2 is 1.81 bits per heavy atom. The first kappa shape index (κ1) is 14.4. The predicted molar refractivity (Wildman–Crippen MR) is 76.2 cm³/mol. The number of rotatable bonds is 7. The molecular formula is C14H29NS. The van der Waals surface area contributed by atoms with Crippen LogP contribution in [-0.4, -0.2) is 23.6 Å². The highest BCUT2D eigenvalue weighted by molar-refractivity contribution is 8.00. The fraction of sp³-hybridized carbons (Fsp3) is 1.00. The molecule has 1 aliphatic rings. The summed E-state index contributed by atoms with van der Waals surface area (Å²) in [7, 11) is 0. The fourth-order valence-corrected chi connectivity index (χ4v) is 3.37. The summed E-state index contributed by atoms with van der Waals surface area (Å²) in [6.45, 7) is 10.5. The summed E-state index contributed by atoms with van der Waals surface area (Å²) in [5, 5.41) is 3.78. The van der Waals surface area contributed by atoms with Gasteiger partial charge in [-0.2, -0.15) is 11.8 Å². The molecule has 0 aromatic heterocycles. The Labute approximate surface area is 106 Å². The lowest BCUT2D eigenvalue weighted by Crippen LogP contribution is -2.48. The molecule has 0 spiro atoms. The lowest BCUT2D eigenvalue weighted by molar-refractivity contribution is 0.165. The van der Waals surface area contributed by atoms with Gasteiger partial charge in [-0.1, -0.05) is 27.7 Å². The van der Waals surface area contributed by atoms with Crippen molar-refractivity contribution in [2.75, 3.05) is 12.8 Å². The van der Waals surface area contributed by atoms with Crippen LogP contribution in [0, 0.1) is 11.8 Å². The third-order valence-corrected chi connectivity index (χ3v) is 6.14. The molecule has 0 atom stereocenters. The standard InChI is InChI=1S/C14H29NS/c1-6-14(7-2,16-5)10-15-13-8-12(9-13)11(3)4/h11-13,15H,6-10H2,1-5H3. The van der Waals surface area contributed by atoms with Gasteiger partial charge < -0.3 is 5.32 Å². The monoisotopic (exact) mass is 243 g/mol. The van der Waals surface area contributed by atoms with Crippen molar-refractivity contribution in [2.45, 2.75) is 64.2 Å². The smallest absolute Gasteiger partial charge is 0.0276 e. The summed E-state index contributed by atoms with van der Waals surface area (Å²) in [4.78, 5) is 0. The topological polar surface area (TPSA) is 12.0 Å². The Balaban J connectivity index is 2.25. The van der Waals surface area contributed by atoms with Crippen molar-refractivity contribution >= 4 is 11.8 Å². The van der Waals surface area contributed by atoms with E-state index in [0.717, 1.165) is 17.9 Å². The molecular weight excluding hydrogens is 214 g/mol. The number of nitrogens with one attached hydrogen (secondary N) is 1. The Morgan fingerprint density at radius 3 is 2.19 bits per heavy atom. The van der Waals surface area contributed by atoms with Gasteiger partial charge in [-0.15, -0.1) is 0 Å². The van der Waals surface area contributed by atoms with E-state index in [2.05, 4.69) is 39.3 Å². The molecule has 1 nitrogen and oxygen atoms in total. The normalized spacial score (nSPS) is 25.9. The highest BCUT2D eigenvalue weighted by Crippen LogP contribution is 2.35. The summed E-state index contributed by atoms with van der Waals surface area (Å²) in [5.41, 5.74) is 0. The molecule has 0 amide bonds. The molecule has 96 valence electrons. The van der Waals surface area contributed by atoms with Crippen LogP contribution in [0.25, 0.3) is 0 Å². The predicted octanol–water partition coefficient (Wildman–Crippen LogP) is 3.93. The largest absolute Gasteiger partial charge is 0.313 e. The van der Waals surface area contributed by atoms with Gasteiger partial charge in [-0.3, -0.25) is 0 Å². The molecule has 0 aliphatic heterocycles. The number of hydrogen-bond acceptors (Lipinski definition) is 2. The van der Waals surface area contributed by atoms with Crippen molar-refractivity contribution in [2.24, 2.45) is 11.8 Å². The molecule has 0 unspecified atom stereocenters. The van der Waals surface area contributed by atoms with Gasteiger partial charge in [-0.05, 0) is 43.8 Å². The van der Waals surface area contributed by atoms with Crippen molar-refractivity contribution in [3.63, 3.8) is 0 Å². The van der Waals surface area contributed by atoms with Crippen LogP contribution in [0.1, 0.15) is 53.4 Å². The minimum absolute atomic E-state index is 0.475. The second-order valence-corrected chi connectivity index (χ2v) is 6.92. The molecule has 0 heterocycles. The molecule has 2 heteroatoms. The van der Waals surface area contributed by atoms with Gasteiger partial charge in [0.2, 0.25) is 0 Å². The maximum atomic E-state index is 3.78. The molecule has 0 saturated heterocycles. The zero-order chi connectivity index (χ0) is 12.2. The third kappa shape index (κ3) is 3.40. The average molecular weight is 243 g/mol. The minimum atomic E-state index is 0.475. The van der Waals surface area contributed by atoms with E-state index < -0.39 is 0 Å². The van der Waals surface area contributed by atoms with Gasteiger partial charge in [0.1, 0.15) is 0 Å². The first-order valence-corrected chi connectivity index (χ1v) is 8.08. The van der Waals surface area contributed by atoms with E-state index in [9.17, 15) is 0 Å². The van der Waals surface area contributed by atoms with Gasteiger partial charge in [-0.25, -0.2) is 0 Å². The van der Waals surface area contributed by atoms with Crippen molar-refractivity contribution in [1.82, 2.24) is 5.32 Å². The Hall–Kier alpha value is 0.310. The molecule has 1 saturated carbocycles. The quantitative estimate of drug-likeness (QED) is 0.727. The van der Waals surface area contributed by atoms with Gasteiger partial charge in [0, 0.05) is 17.3 Å². The summed E-state index contributed by atoms with van der Waals surface area (Å²) in [6, 6.07) is 0.803. The SMILES string of the molecule is CCC(CC)(CNC1CC(C(C)C)C1)SC. The molecule has 0 aromatic carbocycles. The molecule has 1 rings (SSSR count). The summed E-state index contributed by atoms with van der Waals surface area (Å²) >= 11 is 2.04. The second-order valence-electron chi connectivity index (χ2n) is 5.65. The van der Waals surface area contributed by atoms with Crippen molar-refractivity contribution in [3.05, 3.63) is 0 Å². The highest BCUT2D eigenvalue weighted by Gasteiger charge is 2.33. The molecule has 0 aromatic rings. The minimum Gasteiger partial charge on any atom is -0.313 e. The lowest BCUT2D eigenvalue weighted by Gasteiger charge is -2.41. The molecule has 0 bridgehead atoms.